The first-order chi connectivity index (χ1) is 7.49. The first kappa shape index (κ1) is 19.3. The fourth-order valence-corrected chi connectivity index (χ4v) is 1.16. The van der Waals surface area contributed by atoms with Gasteiger partial charge in [0.1, 0.15) is 11.2 Å². The summed E-state index contributed by atoms with van der Waals surface area (Å²) >= 11 is 0. The average Bonchev–Trinajstić information content (AvgIpc) is 1.95. The summed E-state index contributed by atoms with van der Waals surface area (Å²) in [6, 6.07) is 0. The van der Waals surface area contributed by atoms with Crippen molar-refractivity contribution in [1.29, 1.82) is 0 Å². The lowest BCUT2D eigenvalue weighted by molar-refractivity contribution is -0.156. The minimum absolute atomic E-state index is 0. The van der Waals surface area contributed by atoms with Crippen LogP contribution in [0, 0.1) is 0 Å². The summed E-state index contributed by atoms with van der Waals surface area (Å²) in [5, 5.41) is 0. The Morgan fingerprint density at radius 1 is 0.778 bits per heavy atom. The van der Waals surface area contributed by atoms with Crippen LogP contribution in [0.3, 0.4) is 0 Å². The molecule has 108 valence electrons. The van der Waals surface area contributed by atoms with Gasteiger partial charge in [-0.25, -0.2) is 0 Å². The number of rotatable bonds is 4. The molecule has 0 bridgehead atoms. The predicted octanol–water partition coefficient (Wildman–Crippen LogP) is 3.48. The third-order valence-electron chi connectivity index (χ3n) is 1.60. The molecule has 0 aromatic rings. The number of hydrogen-bond donors (Lipinski definition) is 0. The summed E-state index contributed by atoms with van der Waals surface area (Å²) in [6.45, 7) is 10.9. The van der Waals surface area contributed by atoms with E-state index in [9.17, 15) is 9.59 Å². The lowest BCUT2D eigenvalue weighted by atomic mass is 10.1. The highest BCUT2D eigenvalue weighted by molar-refractivity contribution is 5.73. The van der Waals surface area contributed by atoms with Crippen LogP contribution in [0.2, 0.25) is 0 Å². The van der Waals surface area contributed by atoms with Crippen molar-refractivity contribution in [1.82, 2.24) is 0 Å². The van der Waals surface area contributed by atoms with Gasteiger partial charge >= 0.3 is 11.9 Å². The van der Waals surface area contributed by atoms with Crippen LogP contribution in [0.25, 0.3) is 0 Å². The minimum Gasteiger partial charge on any atom is -0.460 e. The summed E-state index contributed by atoms with van der Waals surface area (Å²) in [4.78, 5) is 22.7. The Morgan fingerprint density at radius 3 is 1.28 bits per heavy atom. The van der Waals surface area contributed by atoms with Gasteiger partial charge in [-0.1, -0.05) is 7.43 Å². The summed E-state index contributed by atoms with van der Waals surface area (Å²) in [5.41, 5.74) is -0.938. The second-order valence-electron chi connectivity index (χ2n) is 6.03. The zero-order chi connectivity index (χ0) is 13.7. The van der Waals surface area contributed by atoms with E-state index in [1.807, 2.05) is 41.5 Å². The Balaban J connectivity index is 0. The highest BCUT2D eigenvalue weighted by Gasteiger charge is 2.18. The Morgan fingerprint density at radius 2 is 1.06 bits per heavy atom. The van der Waals surface area contributed by atoms with Gasteiger partial charge in [0.2, 0.25) is 0 Å². The lowest BCUT2D eigenvalue weighted by Crippen LogP contribution is -2.25. The molecular formula is C14H28O4. The topological polar surface area (TPSA) is 52.6 Å². The van der Waals surface area contributed by atoms with Crippen LogP contribution in [-0.4, -0.2) is 23.1 Å². The van der Waals surface area contributed by atoms with Crippen molar-refractivity contribution in [3.05, 3.63) is 0 Å². The molecule has 0 atom stereocenters. The van der Waals surface area contributed by atoms with Crippen molar-refractivity contribution in [2.75, 3.05) is 0 Å². The molecule has 0 N–H and O–H groups in total. The first-order valence-corrected chi connectivity index (χ1v) is 5.93. The van der Waals surface area contributed by atoms with Crippen molar-refractivity contribution < 1.29 is 19.1 Å². The average molecular weight is 260 g/mol. The smallest absolute Gasteiger partial charge is 0.306 e. The van der Waals surface area contributed by atoms with Gasteiger partial charge in [0.05, 0.1) is 0 Å². The molecule has 18 heavy (non-hydrogen) atoms. The number of carbonyl (C=O) groups excluding carboxylic acids is 2. The van der Waals surface area contributed by atoms with Gasteiger partial charge in [0, 0.05) is 12.8 Å². The van der Waals surface area contributed by atoms with E-state index in [0.717, 1.165) is 0 Å². The fourth-order valence-electron chi connectivity index (χ4n) is 1.16. The second kappa shape index (κ2) is 7.39. The van der Waals surface area contributed by atoms with Crippen LogP contribution in [0.1, 0.15) is 68.2 Å². The largest absolute Gasteiger partial charge is 0.460 e. The Kier molecular flexibility index (Phi) is 7.92. The molecule has 0 aromatic carbocycles. The molecule has 4 nitrogen and oxygen atoms in total. The van der Waals surface area contributed by atoms with Gasteiger partial charge in [0.25, 0.3) is 0 Å². The van der Waals surface area contributed by atoms with Crippen molar-refractivity contribution >= 4 is 11.9 Å². The van der Waals surface area contributed by atoms with Crippen molar-refractivity contribution in [2.24, 2.45) is 0 Å². The van der Waals surface area contributed by atoms with Crippen LogP contribution in [0.4, 0.5) is 0 Å². The van der Waals surface area contributed by atoms with Crippen molar-refractivity contribution in [3.63, 3.8) is 0 Å². The maximum Gasteiger partial charge on any atom is 0.306 e. The standard InChI is InChI=1S/C13H24O4.CH4/c1-12(2,3)16-10(14)8-7-9-11(15)17-13(4,5)6;/h7-9H2,1-6H3;1H4. The molecule has 0 saturated carbocycles. The number of carbonyl (C=O) groups is 2. The SMILES string of the molecule is C.CC(C)(C)OC(=O)CCCC(=O)OC(C)(C)C. The molecular weight excluding hydrogens is 232 g/mol. The fraction of sp³-hybridized carbons (Fsp3) is 0.857. The summed E-state index contributed by atoms with van der Waals surface area (Å²) < 4.78 is 10.3. The molecule has 4 heteroatoms. The Bertz CT molecular complexity index is 240. The highest BCUT2D eigenvalue weighted by Crippen LogP contribution is 2.12. The van der Waals surface area contributed by atoms with Crippen molar-refractivity contribution in [2.45, 2.75) is 79.4 Å². The lowest BCUT2D eigenvalue weighted by Gasteiger charge is -2.20. The maximum absolute atomic E-state index is 11.4. The third kappa shape index (κ3) is 13.0. The second-order valence-corrected chi connectivity index (χ2v) is 6.03. The molecule has 0 amide bonds. The van der Waals surface area contributed by atoms with Crippen LogP contribution in [0.15, 0.2) is 0 Å². The van der Waals surface area contributed by atoms with E-state index in [0.29, 0.717) is 6.42 Å². The van der Waals surface area contributed by atoms with Gasteiger partial charge in [-0.15, -0.1) is 0 Å². The molecule has 0 aliphatic rings. The van der Waals surface area contributed by atoms with Crippen LogP contribution < -0.4 is 0 Å². The molecule has 0 aliphatic carbocycles. The minimum atomic E-state index is -0.469. The Hall–Kier alpha value is -1.06. The van der Waals surface area contributed by atoms with E-state index >= 15 is 0 Å². The number of hydrogen-bond acceptors (Lipinski definition) is 4. The van der Waals surface area contributed by atoms with E-state index in [4.69, 9.17) is 9.47 Å². The van der Waals surface area contributed by atoms with Crippen LogP contribution >= 0.6 is 0 Å². The molecule has 0 spiro atoms. The van der Waals surface area contributed by atoms with Crippen LogP contribution in [0.5, 0.6) is 0 Å². The highest BCUT2D eigenvalue weighted by atomic mass is 16.6. The molecule has 0 radical (unpaired) electrons. The van der Waals surface area contributed by atoms with E-state index < -0.39 is 11.2 Å². The zero-order valence-electron chi connectivity index (χ0n) is 11.8. The quantitative estimate of drug-likeness (QED) is 0.726. The van der Waals surface area contributed by atoms with Crippen LogP contribution in [-0.2, 0) is 19.1 Å². The van der Waals surface area contributed by atoms with Gasteiger partial charge in [-0.2, -0.15) is 0 Å². The van der Waals surface area contributed by atoms with E-state index in [-0.39, 0.29) is 32.2 Å². The summed E-state index contributed by atoms with van der Waals surface area (Å²) in [6.07, 6.45) is 0.955. The predicted molar refractivity (Wildman–Crippen MR) is 72.3 cm³/mol. The third-order valence-corrected chi connectivity index (χ3v) is 1.60. The first-order valence-electron chi connectivity index (χ1n) is 5.93. The van der Waals surface area contributed by atoms with E-state index in [1.165, 1.54) is 0 Å². The van der Waals surface area contributed by atoms with E-state index in [1.54, 1.807) is 0 Å². The molecule has 0 aromatic heterocycles. The summed E-state index contributed by atoms with van der Waals surface area (Å²) in [5.74, 6) is -0.554. The number of esters is 2. The van der Waals surface area contributed by atoms with Gasteiger partial charge in [-0.05, 0) is 48.0 Å². The number of ether oxygens (including phenoxy) is 2. The monoisotopic (exact) mass is 260 g/mol. The van der Waals surface area contributed by atoms with Crippen molar-refractivity contribution in [3.8, 4) is 0 Å². The normalized spacial score (nSPS) is 11.4. The Labute approximate surface area is 111 Å². The van der Waals surface area contributed by atoms with Gasteiger partial charge < -0.3 is 9.47 Å². The molecule has 0 aliphatic heterocycles. The molecule has 0 saturated heterocycles. The van der Waals surface area contributed by atoms with Gasteiger partial charge in [-0.3, -0.25) is 9.59 Å². The zero-order valence-corrected chi connectivity index (χ0v) is 11.8. The molecule has 0 fully saturated rings. The maximum atomic E-state index is 11.4. The molecule has 0 rings (SSSR count). The molecule has 0 unspecified atom stereocenters. The van der Waals surface area contributed by atoms with E-state index in [2.05, 4.69) is 0 Å². The summed E-state index contributed by atoms with van der Waals surface area (Å²) in [7, 11) is 0. The molecule has 0 heterocycles. The van der Waals surface area contributed by atoms with Gasteiger partial charge in [0.15, 0.2) is 0 Å².